The molecule has 1 saturated heterocycles. The Hall–Kier alpha value is -2.31. The van der Waals surface area contributed by atoms with Crippen molar-refractivity contribution >= 4 is 30.7 Å². The van der Waals surface area contributed by atoms with Crippen molar-refractivity contribution in [3.63, 3.8) is 0 Å². The van der Waals surface area contributed by atoms with Gasteiger partial charge < -0.3 is 19.7 Å². The highest BCUT2D eigenvalue weighted by molar-refractivity contribution is 8.45. The van der Waals surface area contributed by atoms with Crippen LogP contribution in [0.25, 0.3) is 0 Å². The number of ether oxygens (including phenoxy) is 1. The highest BCUT2D eigenvalue weighted by Crippen LogP contribution is 2.49. The van der Waals surface area contributed by atoms with Crippen LogP contribution in [0, 0.1) is 0 Å². The average molecular weight is 504 g/mol. The third kappa shape index (κ3) is 5.98. The van der Waals surface area contributed by atoms with Gasteiger partial charge in [-0.3, -0.25) is 19.0 Å². The van der Waals surface area contributed by atoms with Gasteiger partial charge in [0.1, 0.15) is 11.9 Å². The second-order valence-electron chi connectivity index (χ2n) is 7.57. The van der Waals surface area contributed by atoms with Crippen LogP contribution in [0.2, 0.25) is 0 Å². The SMILES string of the molecule is CC(C)Nc1ccn(C2OC(COP(=O)(S)NC(=O)c3ccccc3)[C@@H](O)C2(F)F)c(=O)n1. The number of amides is 1. The Morgan fingerprint density at radius 1 is 1.36 bits per heavy atom. The number of anilines is 1. The second kappa shape index (κ2) is 9.90. The maximum Gasteiger partial charge on any atom is 0.351 e. The Morgan fingerprint density at radius 2 is 2.03 bits per heavy atom. The molecule has 4 atom stereocenters. The monoisotopic (exact) mass is 504 g/mol. The number of thiol groups is 1. The molecule has 1 aromatic carbocycles. The molecule has 1 aliphatic heterocycles. The van der Waals surface area contributed by atoms with Gasteiger partial charge in [-0.05, 0) is 32.0 Å². The first-order valence-electron chi connectivity index (χ1n) is 9.83. The molecule has 0 saturated carbocycles. The normalized spacial score (nSPS) is 23.8. The van der Waals surface area contributed by atoms with Gasteiger partial charge in [-0.2, -0.15) is 13.8 Å². The van der Waals surface area contributed by atoms with E-state index < -0.39 is 49.3 Å². The number of hydrogen-bond acceptors (Lipinski definition) is 8. The molecule has 180 valence electrons. The van der Waals surface area contributed by atoms with Crippen molar-refractivity contribution in [3.05, 3.63) is 58.6 Å². The van der Waals surface area contributed by atoms with Gasteiger partial charge in [-0.1, -0.05) is 30.4 Å². The van der Waals surface area contributed by atoms with E-state index in [1.54, 1.807) is 18.2 Å². The summed E-state index contributed by atoms with van der Waals surface area (Å²) in [5, 5.41) is 15.0. The van der Waals surface area contributed by atoms with E-state index in [0.29, 0.717) is 4.57 Å². The molecule has 33 heavy (non-hydrogen) atoms. The largest absolute Gasteiger partial charge is 0.384 e. The van der Waals surface area contributed by atoms with E-state index in [-0.39, 0.29) is 17.4 Å². The number of carbonyl (C=O) groups excluding carboxylic acids is 1. The van der Waals surface area contributed by atoms with Crippen LogP contribution >= 0.6 is 19.0 Å². The molecular weight excluding hydrogens is 481 g/mol. The van der Waals surface area contributed by atoms with Crippen molar-refractivity contribution in [3.8, 4) is 0 Å². The van der Waals surface area contributed by atoms with Crippen molar-refractivity contribution in [1.29, 1.82) is 0 Å². The number of hydrogen-bond donors (Lipinski definition) is 4. The molecule has 3 rings (SSSR count). The molecule has 1 fully saturated rings. The Kier molecular flexibility index (Phi) is 7.59. The smallest absolute Gasteiger partial charge is 0.351 e. The van der Waals surface area contributed by atoms with E-state index in [1.165, 1.54) is 18.2 Å². The number of nitrogens with zero attached hydrogens (tertiary/aromatic N) is 2. The summed E-state index contributed by atoms with van der Waals surface area (Å²) in [6, 6.07) is 9.06. The summed E-state index contributed by atoms with van der Waals surface area (Å²) >= 11 is 3.77. The fraction of sp³-hybridized carbons (Fsp3) is 0.421. The summed E-state index contributed by atoms with van der Waals surface area (Å²) in [4.78, 5) is 28.1. The maximum absolute atomic E-state index is 14.7. The average Bonchev–Trinajstić information content (AvgIpc) is 2.96. The Labute approximate surface area is 193 Å². The zero-order valence-corrected chi connectivity index (χ0v) is 19.4. The van der Waals surface area contributed by atoms with Crippen LogP contribution < -0.4 is 16.1 Å². The first-order valence-corrected chi connectivity index (χ1v) is 12.6. The van der Waals surface area contributed by atoms with Gasteiger partial charge in [-0.25, -0.2) is 4.79 Å². The molecule has 3 N–H and O–H groups in total. The Morgan fingerprint density at radius 3 is 2.64 bits per heavy atom. The van der Waals surface area contributed by atoms with E-state index in [9.17, 15) is 28.0 Å². The van der Waals surface area contributed by atoms with Crippen LogP contribution in [0.1, 0.15) is 30.4 Å². The summed E-state index contributed by atoms with van der Waals surface area (Å²) in [6.45, 7) is -1.26. The fourth-order valence-electron chi connectivity index (χ4n) is 3.06. The fourth-order valence-corrected chi connectivity index (χ4v) is 4.33. The molecule has 1 aromatic heterocycles. The molecule has 2 heterocycles. The lowest BCUT2D eigenvalue weighted by Gasteiger charge is -2.21. The van der Waals surface area contributed by atoms with E-state index in [2.05, 4.69) is 27.6 Å². The van der Waals surface area contributed by atoms with Crippen LogP contribution in [0.4, 0.5) is 14.6 Å². The van der Waals surface area contributed by atoms with Gasteiger partial charge in [0.15, 0.2) is 6.10 Å². The van der Waals surface area contributed by atoms with Crippen molar-refractivity contribution in [2.24, 2.45) is 0 Å². The van der Waals surface area contributed by atoms with Crippen molar-refractivity contribution < 1.29 is 32.5 Å². The lowest BCUT2D eigenvalue weighted by atomic mass is 10.1. The summed E-state index contributed by atoms with van der Waals surface area (Å²) in [5.74, 6) is -4.45. The van der Waals surface area contributed by atoms with Gasteiger partial charge in [-0.15, -0.1) is 0 Å². The standard InChI is InChI=1S/C19H23F2N4O6PS/c1-11(2)22-14-8-9-25(18(28)23-14)17-19(20,21)15(26)13(31-17)10-30-32(29,33)24-16(27)12-6-4-3-5-7-12/h3-9,11,13,15,17,26H,10H2,1-2H3,(H,22,23,28)(H2,24,27,29,33)/t13?,15-,17?,32?/m1/s1. The van der Waals surface area contributed by atoms with E-state index in [0.717, 1.165) is 6.20 Å². The molecule has 0 bridgehead atoms. The number of halogens is 2. The van der Waals surface area contributed by atoms with Crippen LogP contribution in [-0.2, 0) is 13.8 Å². The quantitative estimate of drug-likeness (QED) is 0.319. The van der Waals surface area contributed by atoms with Gasteiger partial charge in [0.25, 0.3) is 5.91 Å². The third-order valence-electron chi connectivity index (χ3n) is 4.59. The Bertz CT molecular complexity index is 1100. The number of carbonyl (C=O) groups is 1. The lowest BCUT2D eigenvalue weighted by Crippen LogP contribution is -2.42. The predicted octanol–water partition coefficient (Wildman–Crippen LogP) is 2.44. The zero-order valence-electron chi connectivity index (χ0n) is 17.6. The third-order valence-corrected chi connectivity index (χ3v) is 6.22. The number of nitrogens with one attached hydrogen (secondary N) is 2. The van der Waals surface area contributed by atoms with Crippen molar-refractivity contribution in [2.45, 2.75) is 44.2 Å². The highest BCUT2D eigenvalue weighted by Gasteiger charge is 2.60. The summed E-state index contributed by atoms with van der Waals surface area (Å²) in [7, 11) is 0. The highest BCUT2D eigenvalue weighted by atomic mass is 32.7. The van der Waals surface area contributed by atoms with Crippen molar-refractivity contribution in [2.75, 3.05) is 11.9 Å². The molecular formula is C19H23F2N4O6PS. The first-order chi connectivity index (χ1) is 15.4. The number of aromatic nitrogens is 2. The molecule has 0 spiro atoms. The molecule has 10 nitrogen and oxygen atoms in total. The van der Waals surface area contributed by atoms with Crippen LogP contribution in [-0.4, -0.2) is 51.3 Å². The minimum atomic E-state index is -4.09. The van der Waals surface area contributed by atoms with Crippen LogP contribution in [0.5, 0.6) is 0 Å². The van der Waals surface area contributed by atoms with Gasteiger partial charge in [0.05, 0.1) is 6.61 Å². The van der Waals surface area contributed by atoms with Gasteiger partial charge in [0, 0.05) is 17.8 Å². The zero-order chi connectivity index (χ0) is 24.4. The van der Waals surface area contributed by atoms with E-state index >= 15 is 0 Å². The summed E-state index contributed by atoms with van der Waals surface area (Å²) in [6.07, 6.45) is -5.16. The van der Waals surface area contributed by atoms with E-state index in [4.69, 9.17) is 9.26 Å². The van der Waals surface area contributed by atoms with Crippen LogP contribution in [0.3, 0.4) is 0 Å². The molecule has 2 aromatic rings. The molecule has 1 aliphatic rings. The molecule has 3 unspecified atom stereocenters. The topological polar surface area (TPSA) is 132 Å². The lowest BCUT2D eigenvalue weighted by molar-refractivity contribution is -0.140. The predicted molar refractivity (Wildman–Crippen MR) is 119 cm³/mol. The minimum absolute atomic E-state index is 0.0421. The number of benzene rings is 1. The summed E-state index contributed by atoms with van der Waals surface area (Å²) in [5.41, 5.74) is -0.838. The molecule has 14 heteroatoms. The van der Waals surface area contributed by atoms with E-state index in [1.807, 2.05) is 13.8 Å². The van der Waals surface area contributed by atoms with Gasteiger partial charge in [0.2, 0.25) is 6.23 Å². The first kappa shape index (κ1) is 25.3. The molecule has 0 radical (unpaired) electrons. The number of alkyl halides is 2. The number of aliphatic hydroxyl groups is 1. The molecule has 0 aliphatic carbocycles. The molecule has 1 amide bonds. The number of aliphatic hydroxyl groups excluding tert-OH is 1. The maximum atomic E-state index is 14.7. The summed E-state index contributed by atoms with van der Waals surface area (Å²) < 4.78 is 52.6. The van der Waals surface area contributed by atoms with Crippen molar-refractivity contribution in [1.82, 2.24) is 14.6 Å². The Balaban J connectivity index is 1.69. The second-order valence-corrected chi connectivity index (χ2v) is 10.7. The number of rotatable bonds is 8. The van der Waals surface area contributed by atoms with Gasteiger partial charge >= 0.3 is 18.3 Å². The minimum Gasteiger partial charge on any atom is -0.384 e. The van der Waals surface area contributed by atoms with Crippen LogP contribution in [0.15, 0.2) is 47.4 Å².